The Bertz CT molecular complexity index is 905. The molecule has 0 radical (unpaired) electrons. The largest absolute Gasteiger partial charge is 0.399 e. The second kappa shape index (κ2) is 6.68. The van der Waals surface area contributed by atoms with Crippen molar-refractivity contribution in [1.29, 1.82) is 15.8 Å². The van der Waals surface area contributed by atoms with Gasteiger partial charge in [0.25, 0.3) is 0 Å². The van der Waals surface area contributed by atoms with Crippen molar-refractivity contribution in [2.45, 2.75) is 19.8 Å². The molecule has 1 aromatic carbocycles. The van der Waals surface area contributed by atoms with Crippen molar-refractivity contribution in [3.8, 4) is 18.2 Å². The van der Waals surface area contributed by atoms with Crippen molar-refractivity contribution in [2.24, 2.45) is 17.1 Å². The van der Waals surface area contributed by atoms with Gasteiger partial charge in [0.1, 0.15) is 6.07 Å². The van der Waals surface area contributed by atoms with E-state index in [4.69, 9.17) is 5.73 Å². The van der Waals surface area contributed by atoms with Crippen LogP contribution in [0.4, 0.5) is 0 Å². The number of hydrogen-bond acceptors (Lipinski definition) is 5. The molecule has 26 heavy (non-hydrogen) atoms. The number of aryl methyl sites for hydroxylation is 1. The second-order valence-electron chi connectivity index (χ2n) is 6.94. The molecule has 130 valence electrons. The predicted molar refractivity (Wildman–Crippen MR) is 98.1 cm³/mol. The number of nitrogens with zero attached hydrogens (tertiary/aromatic N) is 4. The van der Waals surface area contributed by atoms with E-state index in [1.807, 2.05) is 37.3 Å². The van der Waals surface area contributed by atoms with Crippen LogP contribution in [0.5, 0.6) is 0 Å². The van der Waals surface area contributed by atoms with Crippen LogP contribution in [0.2, 0.25) is 0 Å². The summed E-state index contributed by atoms with van der Waals surface area (Å²) in [7, 11) is 0. The zero-order valence-electron chi connectivity index (χ0n) is 15.0. The molecule has 0 fully saturated rings. The minimum absolute atomic E-state index is 0.0870. The Hall–Kier alpha value is -3.07. The first-order valence-electron chi connectivity index (χ1n) is 8.74. The van der Waals surface area contributed by atoms with Crippen LogP contribution in [0, 0.1) is 52.2 Å². The highest BCUT2D eigenvalue weighted by Gasteiger charge is 2.54. The summed E-state index contributed by atoms with van der Waals surface area (Å²) < 4.78 is 0. The molecule has 1 heterocycles. The number of benzene rings is 1. The van der Waals surface area contributed by atoms with E-state index in [1.54, 1.807) is 0 Å². The molecule has 5 nitrogen and oxygen atoms in total. The van der Waals surface area contributed by atoms with Crippen molar-refractivity contribution in [2.75, 3.05) is 19.6 Å². The van der Waals surface area contributed by atoms with E-state index in [1.165, 1.54) is 0 Å². The summed E-state index contributed by atoms with van der Waals surface area (Å²) in [5.41, 5.74) is 7.99. The van der Waals surface area contributed by atoms with Crippen LogP contribution in [-0.4, -0.2) is 24.5 Å². The first kappa shape index (κ1) is 17.7. The van der Waals surface area contributed by atoms with Crippen LogP contribution < -0.4 is 5.73 Å². The summed E-state index contributed by atoms with van der Waals surface area (Å²) >= 11 is 0. The molecular formula is C21H21N5. The van der Waals surface area contributed by atoms with Crippen molar-refractivity contribution >= 4 is 0 Å². The molecule has 5 heteroatoms. The van der Waals surface area contributed by atoms with E-state index in [0.29, 0.717) is 12.1 Å². The summed E-state index contributed by atoms with van der Waals surface area (Å²) in [5.74, 6) is -0.526. The van der Waals surface area contributed by atoms with E-state index in [0.717, 1.165) is 29.8 Å². The van der Waals surface area contributed by atoms with E-state index in [2.05, 4.69) is 30.0 Å². The molecule has 0 saturated carbocycles. The van der Waals surface area contributed by atoms with Crippen LogP contribution in [0.3, 0.4) is 0 Å². The lowest BCUT2D eigenvalue weighted by molar-refractivity contribution is 0.214. The molecule has 1 aromatic rings. The normalized spacial score (nSPS) is 24.7. The molecule has 2 aliphatic rings. The fourth-order valence-electron chi connectivity index (χ4n) is 4.24. The van der Waals surface area contributed by atoms with Gasteiger partial charge in [-0.3, -0.25) is 4.90 Å². The minimum Gasteiger partial charge on any atom is -0.399 e. The molecule has 0 saturated heterocycles. The molecule has 2 atom stereocenters. The van der Waals surface area contributed by atoms with Crippen molar-refractivity contribution in [3.05, 3.63) is 58.3 Å². The Morgan fingerprint density at radius 3 is 2.58 bits per heavy atom. The van der Waals surface area contributed by atoms with Gasteiger partial charge in [-0.25, -0.2) is 0 Å². The van der Waals surface area contributed by atoms with Gasteiger partial charge in [0.15, 0.2) is 5.41 Å². The van der Waals surface area contributed by atoms with Gasteiger partial charge in [-0.1, -0.05) is 42.8 Å². The van der Waals surface area contributed by atoms with E-state index in [9.17, 15) is 15.8 Å². The van der Waals surface area contributed by atoms with E-state index >= 15 is 0 Å². The van der Waals surface area contributed by atoms with Gasteiger partial charge in [0.2, 0.25) is 0 Å². The highest BCUT2D eigenvalue weighted by Crippen LogP contribution is 2.54. The summed E-state index contributed by atoms with van der Waals surface area (Å²) in [4.78, 5) is 2.26. The van der Waals surface area contributed by atoms with Crippen LogP contribution in [0.15, 0.2) is 47.2 Å². The topological polar surface area (TPSA) is 101 Å². The van der Waals surface area contributed by atoms with Gasteiger partial charge in [-0.15, -0.1) is 0 Å². The fourth-order valence-corrected chi connectivity index (χ4v) is 4.24. The standard InChI is InChI=1S/C21H21N5/c1-3-26-8-7-16-17(10-22)20(25)21(12-23,13-24)19(18(16)11-26)15-6-4-5-14(2)9-15/h4-7,9,18-19H,3,8,11,25H2,1-2H3/t18-,19+/m0/s1. The molecule has 1 aliphatic heterocycles. The Labute approximate surface area is 154 Å². The Morgan fingerprint density at radius 2 is 2.00 bits per heavy atom. The summed E-state index contributed by atoms with van der Waals surface area (Å²) in [6, 6.07) is 14.4. The maximum atomic E-state index is 10.0. The molecule has 0 amide bonds. The molecule has 1 aliphatic carbocycles. The first-order chi connectivity index (χ1) is 12.5. The second-order valence-corrected chi connectivity index (χ2v) is 6.94. The quantitative estimate of drug-likeness (QED) is 0.890. The number of nitriles is 3. The van der Waals surface area contributed by atoms with Gasteiger partial charge in [-0.05, 0) is 24.6 Å². The van der Waals surface area contributed by atoms with Gasteiger partial charge in [0.05, 0.1) is 23.4 Å². The number of fused-ring (bicyclic) bond motifs is 1. The predicted octanol–water partition coefficient (Wildman–Crippen LogP) is 2.74. The maximum Gasteiger partial charge on any atom is 0.191 e. The third-order valence-corrected chi connectivity index (χ3v) is 5.59. The van der Waals surface area contributed by atoms with Gasteiger partial charge < -0.3 is 5.73 Å². The minimum atomic E-state index is -1.54. The van der Waals surface area contributed by atoms with Crippen LogP contribution in [0.25, 0.3) is 0 Å². The van der Waals surface area contributed by atoms with Crippen molar-refractivity contribution in [3.63, 3.8) is 0 Å². The van der Waals surface area contributed by atoms with Crippen molar-refractivity contribution in [1.82, 2.24) is 4.90 Å². The molecule has 0 unspecified atom stereocenters. The summed E-state index contributed by atoms with van der Waals surface area (Å²) in [6.07, 6.45) is 2.03. The SMILES string of the molecule is CCN1CC=C2C(C#N)=C(N)C(C#N)(C#N)[C@H](c3cccc(C)c3)[C@H]2C1. The molecule has 0 spiro atoms. The molecule has 3 rings (SSSR count). The van der Waals surface area contributed by atoms with Crippen LogP contribution in [0.1, 0.15) is 24.0 Å². The van der Waals surface area contributed by atoms with E-state index < -0.39 is 11.3 Å². The monoisotopic (exact) mass is 343 g/mol. The maximum absolute atomic E-state index is 10.0. The highest BCUT2D eigenvalue weighted by molar-refractivity contribution is 5.59. The zero-order chi connectivity index (χ0) is 18.9. The van der Waals surface area contributed by atoms with Crippen molar-refractivity contribution < 1.29 is 0 Å². The fraction of sp³-hybridized carbons (Fsp3) is 0.381. The number of hydrogen-bond donors (Lipinski definition) is 1. The number of rotatable bonds is 2. The zero-order valence-corrected chi connectivity index (χ0v) is 15.0. The average molecular weight is 343 g/mol. The third-order valence-electron chi connectivity index (χ3n) is 5.59. The average Bonchev–Trinajstić information content (AvgIpc) is 2.66. The van der Waals surface area contributed by atoms with Crippen LogP contribution in [-0.2, 0) is 0 Å². The van der Waals surface area contributed by atoms with E-state index in [-0.39, 0.29) is 11.6 Å². The number of likely N-dealkylation sites (N-methyl/N-ethyl adjacent to an activating group) is 1. The first-order valence-corrected chi connectivity index (χ1v) is 8.74. The Kier molecular flexibility index (Phi) is 4.56. The molecule has 0 bridgehead atoms. The summed E-state index contributed by atoms with van der Waals surface area (Å²) in [6.45, 7) is 6.38. The smallest absolute Gasteiger partial charge is 0.191 e. The number of nitrogens with two attached hydrogens (primary N) is 1. The van der Waals surface area contributed by atoms with Gasteiger partial charge in [-0.2, -0.15) is 15.8 Å². The molecule has 2 N–H and O–H groups in total. The van der Waals surface area contributed by atoms with Gasteiger partial charge in [0, 0.05) is 24.9 Å². The van der Waals surface area contributed by atoms with Crippen LogP contribution >= 0.6 is 0 Å². The third kappa shape index (κ3) is 2.48. The van der Waals surface area contributed by atoms with Gasteiger partial charge >= 0.3 is 0 Å². The lowest BCUT2D eigenvalue weighted by atomic mass is 9.58. The number of allylic oxidation sites excluding steroid dienone is 2. The molecule has 0 aromatic heterocycles. The summed E-state index contributed by atoms with van der Waals surface area (Å²) in [5, 5.41) is 29.7. The molecular weight excluding hydrogens is 322 g/mol. The Morgan fingerprint density at radius 1 is 1.27 bits per heavy atom. The highest BCUT2D eigenvalue weighted by atomic mass is 15.1. The lowest BCUT2D eigenvalue weighted by Crippen LogP contribution is -2.48. The lowest BCUT2D eigenvalue weighted by Gasteiger charge is -2.45. The Balaban J connectivity index is 2.32.